The van der Waals surface area contributed by atoms with Crippen LogP contribution in [-0.2, 0) is 9.47 Å². The number of morpholine rings is 2. The Kier molecular flexibility index (Phi) is 6.16. The molecule has 0 spiro atoms. The van der Waals surface area contributed by atoms with Gasteiger partial charge in [-0.3, -0.25) is 9.69 Å². The maximum Gasteiger partial charge on any atom is 0.251 e. The second-order valence-electron chi connectivity index (χ2n) is 8.08. The van der Waals surface area contributed by atoms with E-state index in [2.05, 4.69) is 28.1 Å². The highest BCUT2D eigenvalue weighted by Crippen LogP contribution is 2.25. The first-order valence-corrected chi connectivity index (χ1v) is 10.3. The van der Waals surface area contributed by atoms with Crippen molar-refractivity contribution in [2.24, 2.45) is 0 Å². The van der Waals surface area contributed by atoms with Crippen LogP contribution in [0.15, 0.2) is 18.2 Å². The molecular weight excluding hydrogens is 358 g/mol. The van der Waals surface area contributed by atoms with Crippen LogP contribution in [-0.4, -0.2) is 86.7 Å². The molecule has 3 aliphatic heterocycles. The number of hydrogen-bond acceptors (Lipinski definition) is 6. The first kappa shape index (κ1) is 19.6. The van der Waals surface area contributed by atoms with Crippen LogP contribution in [0.4, 0.5) is 5.69 Å². The Bertz CT molecular complexity index is 692. The molecule has 4 rings (SSSR count). The predicted octanol–water partition coefficient (Wildman–Crippen LogP) is 0.786. The molecule has 2 N–H and O–H groups in total. The Hall–Kier alpha value is -1.67. The summed E-state index contributed by atoms with van der Waals surface area (Å²) in [6.45, 7) is 7.89. The van der Waals surface area contributed by atoms with E-state index < -0.39 is 0 Å². The van der Waals surface area contributed by atoms with Crippen molar-refractivity contribution >= 4 is 11.6 Å². The van der Waals surface area contributed by atoms with E-state index in [0.29, 0.717) is 24.6 Å². The van der Waals surface area contributed by atoms with Gasteiger partial charge in [-0.15, -0.1) is 0 Å². The van der Waals surface area contributed by atoms with Gasteiger partial charge in [0.25, 0.3) is 5.91 Å². The predicted molar refractivity (Wildman–Crippen MR) is 107 cm³/mol. The monoisotopic (exact) mass is 389 g/mol. The summed E-state index contributed by atoms with van der Waals surface area (Å²) in [5.74, 6) is -0.00528. The van der Waals surface area contributed by atoms with Crippen LogP contribution in [0.25, 0.3) is 0 Å². The number of amides is 1. The highest BCUT2D eigenvalue weighted by Gasteiger charge is 2.37. The highest BCUT2D eigenvalue weighted by atomic mass is 16.5. The van der Waals surface area contributed by atoms with Crippen molar-refractivity contribution in [3.63, 3.8) is 0 Å². The number of rotatable bonds is 5. The number of hydrogen-bond donors (Lipinski definition) is 2. The first-order valence-electron chi connectivity index (χ1n) is 10.3. The molecule has 1 aromatic carbocycles. The number of anilines is 1. The molecule has 0 aliphatic carbocycles. The molecule has 0 unspecified atom stereocenters. The lowest BCUT2D eigenvalue weighted by atomic mass is 10.1. The van der Waals surface area contributed by atoms with Gasteiger partial charge in [-0.2, -0.15) is 0 Å². The van der Waals surface area contributed by atoms with Gasteiger partial charge in [0.1, 0.15) is 0 Å². The third kappa shape index (κ3) is 4.33. The van der Waals surface area contributed by atoms with E-state index in [1.165, 1.54) is 5.69 Å². The Morgan fingerprint density at radius 3 is 2.86 bits per heavy atom. The summed E-state index contributed by atoms with van der Waals surface area (Å²) < 4.78 is 11.3. The number of ether oxygens (including phenoxy) is 2. The van der Waals surface area contributed by atoms with Gasteiger partial charge >= 0.3 is 0 Å². The molecule has 1 amide bonds. The van der Waals surface area contributed by atoms with Crippen molar-refractivity contribution in [3.8, 4) is 0 Å². The van der Waals surface area contributed by atoms with Gasteiger partial charge in [0.05, 0.1) is 25.9 Å². The summed E-state index contributed by atoms with van der Waals surface area (Å²) in [6.07, 6.45) is 1.70. The van der Waals surface area contributed by atoms with Crippen molar-refractivity contribution in [1.82, 2.24) is 10.2 Å². The fraction of sp³-hybridized carbons (Fsp3) is 0.667. The third-order valence-corrected chi connectivity index (χ3v) is 6.09. The minimum atomic E-state index is -0.00528. The van der Waals surface area contributed by atoms with Crippen molar-refractivity contribution in [3.05, 3.63) is 29.3 Å². The minimum Gasteiger partial charge on any atom is -0.396 e. The average molecular weight is 389 g/mol. The zero-order chi connectivity index (χ0) is 19.5. The zero-order valence-electron chi connectivity index (χ0n) is 16.6. The number of carbonyl (C=O) groups excluding carboxylic acids is 1. The summed E-state index contributed by atoms with van der Waals surface area (Å²) in [6, 6.07) is 6.48. The van der Waals surface area contributed by atoms with Gasteiger partial charge in [-0.1, -0.05) is 0 Å². The number of aliphatic hydroxyl groups is 1. The molecule has 3 heterocycles. The molecule has 3 fully saturated rings. The molecule has 7 heteroatoms. The SMILES string of the molecule is Cc1cc(C(=O)N[C@@H]2C[C@H]3CO[C@@H](CCO)CN3C2)ccc1N1CCOCC1. The summed E-state index contributed by atoms with van der Waals surface area (Å²) in [7, 11) is 0. The van der Waals surface area contributed by atoms with E-state index in [-0.39, 0.29) is 24.7 Å². The van der Waals surface area contributed by atoms with Crippen LogP contribution < -0.4 is 10.2 Å². The van der Waals surface area contributed by atoms with Gasteiger partial charge in [-0.25, -0.2) is 0 Å². The van der Waals surface area contributed by atoms with E-state index in [4.69, 9.17) is 14.6 Å². The van der Waals surface area contributed by atoms with Crippen molar-refractivity contribution in [2.75, 3.05) is 57.5 Å². The minimum absolute atomic E-state index is 0.00528. The number of aliphatic hydroxyl groups excluding tert-OH is 1. The number of nitrogens with one attached hydrogen (secondary N) is 1. The molecule has 3 aliphatic rings. The van der Waals surface area contributed by atoms with Crippen LogP contribution in [0, 0.1) is 6.92 Å². The van der Waals surface area contributed by atoms with Crippen LogP contribution in [0.2, 0.25) is 0 Å². The highest BCUT2D eigenvalue weighted by molar-refractivity contribution is 5.95. The number of fused-ring (bicyclic) bond motifs is 1. The molecule has 3 atom stereocenters. The van der Waals surface area contributed by atoms with Crippen LogP contribution in [0.1, 0.15) is 28.8 Å². The van der Waals surface area contributed by atoms with Gasteiger partial charge in [0.2, 0.25) is 0 Å². The summed E-state index contributed by atoms with van der Waals surface area (Å²) >= 11 is 0. The Labute approximate surface area is 166 Å². The fourth-order valence-corrected chi connectivity index (χ4v) is 4.59. The van der Waals surface area contributed by atoms with Gasteiger partial charge in [-0.05, 0) is 43.5 Å². The van der Waals surface area contributed by atoms with Crippen LogP contribution in [0.3, 0.4) is 0 Å². The maximum absolute atomic E-state index is 12.8. The molecular formula is C21H31N3O4. The van der Waals surface area contributed by atoms with Crippen LogP contribution in [0.5, 0.6) is 0 Å². The average Bonchev–Trinajstić information content (AvgIpc) is 3.10. The second-order valence-corrected chi connectivity index (χ2v) is 8.08. The van der Waals surface area contributed by atoms with Gasteiger partial charge in [0.15, 0.2) is 0 Å². The summed E-state index contributed by atoms with van der Waals surface area (Å²) in [5, 5.41) is 12.3. The van der Waals surface area contributed by atoms with E-state index in [0.717, 1.165) is 51.4 Å². The van der Waals surface area contributed by atoms with E-state index in [1.54, 1.807) is 0 Å². The zero-order valence-corrected chi connectivity index (χ0v) is 16.6. The number of carbonyl (C=O) groups is 1. The Morgan fingerprint density at radius 1 is 1.29 bits per heavy atom. The number of nitrogens with zero attached hydrogens (tertiary/aromatic N) is 2. The van der Waals surface area contributed by atoms with Gasteiger partial charge < -0.3 is 24.8 Å². The Balaban J connectivity index is 1.34. The largest absolute Gasteiger partial charge is 0.396 e. The molecule has 1 aromatic rings. The molecule has 3 saturated heterocycles. The molecule has 154 valence electrons. The second kappa shape index (κ2) is 8.78. The van der Waals surface area contributed by atoms with E-state index in [9.17, 15) is 4.79 Å². The lowest BCUT2D eigenvalue weighted by molar-refractivity contribution is -0.0566. The summed E-state index contributed by atoms with van der Waals surface area (Å²) in [5.41, 5.74) is 3.03. The van der Waals surface area contributed by atoms with Crippen molar-refractivity contribution in [1.29, 1.82) is 0 Å². The smallest absolute Gasteiger partial charge is 0.251 e. The number of aryl methyl sites for hydroxylation is 1. The Morgan fingerprint density at radius 2 is 2.11 bits per heavy atom. The van der Waals surface area contributed by atoms with Gasteiger partial charge in [0, 0.05) is 56.1 Å². The lowest BCUT2D eigenvalue weighted by Crippen LogP contribution is -2.46. The molecule has 0 radical (unpaired) electrons. The first-order chi connectivity index (χ1) is 13.6. The maximum atomic E-state index is 12.8. The molecule has 0 saturated carbocycles. The van der Waals surface area contributed by atoms with Crippen molar-refractivity contribution < 1.29 is 19.4 Å². The fourth-order valence-electron chi connectivity index (χ4n) is 4.59. The van der Waals surface area contributed by atoms with Crippen LogP contribution >= 0.6 is 0 Å². The third-order valence-electron chi connectivity index (χ3n) is 6.09. The molecule has 0 aromatic heterocycles. The standard InChI is InChI=1S/C21H31N3O4/c1-15-10-16(2-3-20(15)23-5-8-27-9-6-23)21(26)22-17-11-18-14-28-19(4-7-25)13-24(18)12-17/h2-3,10,17-19,25H,4-9,11-14H2,1H3,(H,22,26)/t17-,18+,19+/m1/s1. The molecule has 28 heavy (non-hydrogen) atoms. The molecule has 7 nitrogen and oxygen atoms in total. The molecule has 0 bridgehead atoms. The topological polar surface area (TPSA) is 74.3 Å². The van der Waals surface area contributed by atoms with E-state index >= 15 is 0 Å². The summed E-state index contributed by atoms with van der Waals surface area (Å²) in [4.78, 5) is 17.5. The van der Waals surface area contributed by atoms with Crippen molar-refractivity contribution in [2.45, 2.75) is 38.0 Å². The normalized spacial score (nSPS) is 28.2. The quantitative estimate of drug-likeness (QED) is 0.776. The lowest BCUT2D eigenvalue weighted by Gasteiger charge is -2.34. The van der Waals surface area contributed by atoms with E-state index in [1.807, 2.05) is 12.1 Å². The number of benzene rings is 1.